The fraction of sp³-hybridized carbons (Fsp3) is 0.902. The molecular formula is C41H74O6P2. The van der Waals surface area contributed by atoms with Gasteiger partial charge >= 0.3 is 0 Å². The second-order valence-corrected chi connectivity index (χ2v) is 18.2. The van der Waals surface area contributed by atoms with Gasteiger partial charge < -0.3 is 9.05 Å². The van der Waals surface area contributed by atoms with E-state index in [-0.39, 0.29) is 0 Å². The number of carbonyl (C=O) groups is 4. The molecule has 2 aliphatic heterocycles. The molecule has 0 bridgehead atoms. The van der Waals surface area contributed by atoms with Crippen molar-refractivity contribution in [2.24, 2.45) is 5.41 Å². The Bertz CT molecular complexity index is 801. The minimum absolute atomic E-state index is 0.338. The van der Waals surface area contributed by atoms with E-state index in [9.17, 15) is 19.2 Å². The molecule has 0 saturated carbocycles. The monoisotopic (exact) mass is 724 g/mol. The normalized spacial score (nSPS) is 20.4. The summed E-state index contributed by atoms with van der Waals surface area (Å²) in [5.74, 6) is 0. The molecule has 1 spiro atoms. The average molecular weight is 725 g/mol. The summed E-state index contributed by atoms with van der Waals surface area (Å²) < 4.78 is 11.2. The lowest BCUT2D eigenvalue weighted by Gasteiger charge is -2.47. The molecule has 2 heterocycles. The largest absolute Gasteiger partial charge is 0.345 e. The van der Waals surface area contributed by atoms with Gasteiger partial charge in [-0.1, -0.05) is 206 Å². The summed E-state index contributed by atoms with van der Waals surface area (Å²) in [5.41, 5.74) is -4.43. The van der Waals surface area contributed by atoms with E-state index in [0.717, 1.165) is 38.5 Å². The maximum absolute atomic E-state index is 12.8. The van der Waals surface area contributed by atoms with Gasteiger partial charge in [0.2, 0.25) is 27.5 Å². The van der Waals surface area contributed by atoms with E-state index in [1.165, 1.54) is 167 Å². The summed E-state index contributed by atoms with van der Waals surface area (Å²) in [6.45, 7) is 5.21. The Morgan fingerprint density at radius 2 is 0.510 bits per heavy atom. The Morgan fingerprint density at radius 3 is 0.714 bits per heavy atom. The van der Waals surface area contributed by atoms with E-state index in [1.807, 2.05) is 0 Å². The third kappa shape index (κ3) is 16.3. The lowest BCUT2D eigenvalue weighted by atomic mass is 9.92. The molecule has 0 aromatic heterocycles. The van der Waals surface area contributed by atoms with Gasteiger partial charge in [-0.15, -0.1) is 0 Å². The molecule has 2 saturated heterocycles. The van der Waals surface area contributed by atoms with Crippen molar-refractivity contribution in [1.29, 1.82) is 0 Å². The summed E-state index contributed by atoms with van der Waals surface area (Å²) >= 11 is 0. The van der Waals surface area contributed by atoms with Gasteiger partial charge in [0.1, 0.15) is 0 Å². The third-order valence-electron chi connectivity index (χ3n) is 10.5. The van der Waals surface area contributed by atoms with Gasteiger partial charge in [-0.3, -0.25) is 19.2 Å². The highest BCUT2D eigenvalue weighted by atomic mass is 31.1. The van der Waals surface area contributed by atoms with Crippen LogP contribution in [0.15, 0.2) is 0 Å². The molecule has 284 valence electrons. The van der Waals surface area contributed by atoms with Gasteiger partial charge in [-0.2, -0.15) is 0 Å². The predicted molar refractivity (Wildman–Crippen MR) is 207 cm³/mol. The molecule has 0 N–H and O–H groups in total. The van der Waals surface area contributed by atoms with Crippen molar-refractivity contribution >= 4 is 38.4 Å². The van der Waals surface area contributed by atoms with Crippen LogP contribution in [0.2, 0.25) is 0 Å². The van der Waals surface area contributed by atoms with Crippen LogP contribution in [0, 0.1) is 5.41 Å². The predicted octanol–water partition coefficient (Wildman–Crippen LogP) is 13.5. The summed E-state index contributed by atoms with van der Waals surface area (Å²) in [6, 6.07) is 0. The first-order chi connectivity index (χ1) is 24.0. The first-order valence-corrected chi connectivity index (χ1v) is 23.6. The number of hydrogen-bond donors (Lipinski definition) is 0. The van der Waals surface area contributed by atoms with Crippen molar-refractivity contribution in [3.63, 3.8) is 0 Å². The van der Waals surface area contributed by atoms with Gasteiger partial charge in [0.25, 0.3) is 0 Å². The summed E-state index contributed by atoms with van der Waals surface area (Å²) in [4.78, 5) is 51.1. The first kappa shape index (κ1) is 44.6. The van der Waals surface area contributed by atoms with Crippen LogP contribution < -0.4 is 0 Å². The average Bonchev–Trinajstić information content (AvgIpc) is 3.10. The van der Waals surface area contributed by atoms with Crippen LogP contribution in [-0.4, -0.2) is 35.3 Å². The highest BCUT2D eigenvalue weighted by molar-refractivity contribution is 7.99. The SMILES string of the molecule is CCCCCCCCCCCCCCCCCCOP1C(=O)C2(C1=O)C(=O)P(OCCCCCCCCCCCCCCCCCC)C2=O. The standard InChI is InChI=1S/C41H74O6P2/c1-3-5-7-9-11-13-15-17-19-21-23-25-27-29-31-33-35-46-48-37(42)41(38(48)43)39(44)49(40(41)45)47-36-34-32-30-28-26-24-22-20-18-16-14-12-10-8-6-4-2/h3-36H2,1-2H3. The lowest BCUT2D eigenvalue weighted by Crippen LogP contribution is -2.65. The molecule has 0 unspecified atom stereocenters. The number of unbranched alkanes of at least 4 members (excludes halogenated alkanes) is 30. The van der Waals surface area contributed by atoms with Crippen LogP contribution in [0.4, 0.5) is 0 Å². The van der Waals surface area contributed by atoms with Crippen LogP contribution >= 0.6 is 16.3 Å². The van der Waals surface area contributed by atoms with E-state index in [2.05, 4.69) is 13.8 Å². The summed E-state index contributed by atoms with van der Waals surface area (Å²) in [5, 5.41) is 0. The fourth-order valence-electron chi connectivity index (χ4n) is 7.08. The summed E-state index contributed by atoms with van der Waals surface area (Å²) in [7, 11) is -3.96. The summed E-state index contributed by atoms with van der Waals surface area (Å²) in [6.07, 6.45) is 40.9. The van der Waals surface area contributed by atoms with Gasteiger partial charge in [0.15, 0.2) is 16.3 Å². The van der Waals surface area contributed by atoms with Crippen LogP contribution in [0.5, 0.6) is 0 Å². The minimum Gasteiger partial charge on any atom is -0.345 e. The van der Waals surface area contributed by atoms with E-state index >= 15 is 0 Å². The second-order valence-electron chi connectivity index (χ2n) is 14.8. The molecule has 0 aromatic rings. The smallest absolute Gasteiger partial charge is 0.231 e. The molecule has 0 amide bonds. The Kier molecular flexibility index (Phi) is 26.4. The lowest BCUT2D eigenvalue weighted by molar-refractivity contribution is -0.150. The fourth-order valence-corrected chi connectivity index (χ4v) is 11.0. The van der Waals surface area contributed by atoms with Gasteiger partial charge in [0.05, 0.1) is 13.2 Å². The maximum Gasteiger partial charge on any atom is 0.231 e. The third-order valence-corrected chi connectivity index (χ3v) is 14.2. The van der Waals surface area contributed by atoms with Crippen LogP contribution in [0.3, 0.4) is 0 Å². The molecule has 0 atom stereocenters. The minimum atomic E-state index is -2.05. The molecule has 0 aromatic carbocycles. The Hall–Kier alpha value is -0.540. The number of carbonyl (C=O) groups excluding carboxylic acids is 4. The van der Waals surface area contributed by atoms with Crippen molar-refractivity contribution < 1.29 is 28.2 Å². The van der Waals surface area contributed by atoms with Crippen molar-refractivity contribution in [3.05, 3.63) is 0 Å². The molecule has 49 heavy (non-hydrogen) atoms. The molecule has 2 aliphatic rings. The second kappa shape index (κ2) is 29.0. The quantitative estimate of drug-likeness (QED) is 0.0363. The van der Waals surface area contributed by atoms with Crippen molar-refractivity contribution in [2.45, 2.75) is 219 Å². The Labute approximate surface area is 303 Å². The molecule has 6 nitrogen and oxygen atoms in total. The first-order valence-electron chi connectivity index (χ1n) is 21.1. The van der Waals surface area contributed by atoms with E-state index < -0.39 is 43.8 Å². The molecule has 0 radical (unpaired) electrons. The van der Waals surface area contributed by atoms with E-state index in [1.54, 1.807) is 0 Å². The molecule has 2 rings (SSSR count). The number of hydrogen-bond acceptors (Lipinski definition) is 6. The molecule has 2 fully saturated rings. The number of rotatable bonds is 36. The zero-order chi connectivity index (χ0) is 35.4. The maximum atomic E-state index is 12.8. The zero-order valence-corrected chi connectivity index (χ0v) is 33.7. The highest BCUT2D eigenvalue weighted by Crippen LogP contribution is 2.74. The van der Waals surface area contributed by atoms with Crippen LogP contribution in [0.25, 0.3) is 0 Å². The van der Waals surface area contributed by atoms with Gasteiger partial charge in [-0.05, 0) is 12.8 Å². The Morgan fingerprint density at radius 1 is 0.327 bits per heavy atom. The topological polar surface area (TPSA) is 86.7 Å². The molecular weight excluding hydrogens is 650 g/mol. The van der Waals surface area contributed by atoms with E-state index in [4.69, 9.17) is 9.05 Å². The highest BCUT2D eigenvalue weighted by Gasteiger charge is 2.82. The van der Waals surface area contributed by atoms with Crippen LogP contribution in [-0.2, 0) is 28.2 Å². The van der Waals surface area contributed by atoms with Crippen molar-refractivity contribution in [2.75, 3.05) is 13.2 Å². The van der Waals surface area contributed by atoms with Gasteiger partial charge in [-0.25, -0.2) is 0 Å². The van der Waals surface area contributed by atoms with Gasteiger partial charge in [0, 0.05) is 0 Å². The van der Waals surface area contributed by atoms with Crippen molar-refractivity contribution in [3.8, 4) is 0 Å². The zero-order valence-electron chi connectivity index (χ0n) is 31.9. The molecule has 8 heteroatoms. The van der Waals surface area contributed by atoms with E-state index in [0.29, 0.717) is 13.2 Å². The van der Waals surface area contributed by atoms with Crippen LogP contribution in [0.1, 0.15) is 219 Å². The Balaban J connectivity index is 1.38. The van der Waals surface area contributed by atoms with Crippen molar-refractivity contribution in [1.82, 2.24) is 0 Å². The molecule has 0 aliphatic carbocycles.